The largest absolute Gasteiger partial charge is 0.335 e. The highest BCUT2D eigenvalue weighted by Crippen LogP contribution is 2.59. The van der Waals surface area contributed by atoms with E-state index in [1.54, 1.807) is 24.3 Å². The van der Waals surface area contributed by atoms with Crippen LogP contribution >= 0.6 is 0 Å². The molecule has 0 bridgehead atoms. The number of nitrogens with zero attached hydrogens (tertiary/aromatic N) is 1. The van der Waals surface area contributed by atoms with Crippen LogP contribution in [0.5, 0.6) is 0 Å². The first-order chi connectivity index (χ1) is 16.0. The van der Waals surface area contributed by atoms with Crippen LogP contribution in [-0.2, 0) is 6.42 Å². The summed E-state index contributed by atoms with van der Waals surface area (Å²) in [6, 6.07) is 13.3. The molecular formula is C27H33F2N3O. The molecule has 2 aromatic rings. The van der Waals surface area contributed by atoms with Crippen molar-refractivity contribution >= 4 is 11.7 Å². The number of anilines is 1. The number of likely N-dealkylation sites (tertiary alicyclic amines) is 1. The number of rotatable bonds is 5. The molecule has 2 aromatic carbocycles. The van der Waals surface area contributed by atoms with Crippen molar-refractivity contribution in [3.05, 3.63) is 65.7 Å². The zero-order valence-corrected chi connectivity index (χ0v) is 19.0. The number of nitrogens with one attached hydrogen (secondary N) is 2. The number of urea groups is 1. The first-order valence-corrected chi connectivity index (χ1v) is 12.3. The molecule has 2 aliphatic carbocycles. The number of amides is 2. The van der Waals surface area contributed by atoms with Crippen molar-refractivity contribution < 1.29 is 13.6 Å². The van der Waals surface area contributed by atoms with E-state index in [9.17, 15) is 13.6 Å². The van der Waals surface area contributed by atoms with Crippen LogP contribution in [0.3, 0.4) is 0 Å². The lowest BCUT2D eigenvalue weighted by atomic mass is 9.80. The monoisotopic (exact) mass is 453 g/mol. The molecule has 1 saturated heterocycles. The summed E-state index contributed by atoms with van der Waals surface area (Å²) < 4.78 is 26.4. The Morgan fingerprint density at radius 1 is 0.970 bits per heavy atom. The van der Waals surface area contributed by atoms with Gasteiger partial charge in [0.15, 0.2) is 0 Å². The van der Waals surface area contributed by atoms with E-state index in [1.807, 2.05) is 12.1 Å². The summed E-state index contributed by atoms with van der Waals surface area (Å²) in [6.45, 7) is 2.21. The Bertz CT molecular complexity index is 964. The van der Waals surface area contributed by atoms with Gasteiger partial charge >= 0.3 is 6.03 Å². The average molecular weight is 454 g/mol. The second-order valence-corrected chi connectivity index (χ2v) is 10.2. The van der Waals surface area contributed by atoms with Gasteiger partial charge in [-0.25, -0.2) is 13.6 Å². The van der Waals surface area contributed by atoms with Gasteiger partial charge in [-0.1, -0.05) is 25.0 Å². The van der Waals surface area contributed by atoms with E-state index in [0.29, 0.717) is 17.6 Å². The molecule has 2 saturated carbocycles. The smallest absolute Gasteiger partial charge is 0.319 e. The third-order valence-corrected chi connectivity index (χ3v) is 7.99. The van der Waals surface area contributed by atoms with Gasteiger partial charge in [-0.15, -0.1) is 0 Å². The lowest BCUT2D eigenvalue weighted by molar-refractivity contribution is 0.120. The Morgan fingerprint density at radius 3 is 2.45 bits per heavy atom. The zero-order valence-electron chi connectivity index (χ0n) is 19.0. The van der Waals surface area contributed by atoms with Gasteiger partial charge in [0.2, 0.25) is 0 Å². The number of hydrogen-bond acceptors (Lipinski definition) is 2. The van der Waals surface area contributed by atoms with Crippen LogP contribution in [-0.4, -0.2) is 36.1 Å². The number of benzene rings is 2. The molecule has 1 aliphatic heterocycles. The van der Waals surface area contributed by atoms with Crippen molar-refractivity contribution in [1.29, 1.82) is 0 Å². The Hall–Kier alpha value is -2.47. The molecule has 3 fully saturated rings. The number of piperidine rings is 1. The Labute approximate surface area is 194 Å². The standard InChI is InChI=1S/C27H33F2N3O/c28-21-8-6-19(7-9-21)16-20-4-3-15-32(18-20)25-17-27(25)14-2-1-5-24(27)31-26(33)30-23-12-10-22(29)11-13-23/h6-13,20,24-25H,1-5,14-18H2,(H2,30,31,33)/t20-,24+,25-,27?/m0/s1. The number of carbonyl (C=O) groups is 1. The van der Waals surface area contributed by atoms with Crippen molar-refractivity contribution in [3.8, 4) is 0 Å². The summed E-state index contributed by atoms with van der Waals surface area (Å²) in [4.78, 5) is 15.3. The van der Waals surface area contributed by atoms with E-state index in [-0.39, 0.29) is 29.1 Å². The van der Waals surface area contributed by atoms with E-state index >= 15 is 0 Å². The molecule has 6 heteroatoms. The molecule has 1 heterocycles. The van der Waals surface area contributed by atoms with Crippen LogP contribution in [0.15, 0.2) is 48.5 Å². The highest BCUT2D eigenvalue weighted by Gasteiger charge is 2.62. The maximum absolute atomic E-state index is 13.3. The van der Waals surface area contributed by atoms with E-state index < -0.39 is 0 Å². The minimum absolute atomic E-state index is 0.175. The molecule has 2 amide bonds. The van der Waals surface area contributed by atoms with Crippen molar-refractivity contribution in [2.24, 2.45) is 11.3 Å². The van der Waals surface area contributed by atoms with Gasteiger partial charge in [-0.05, 0) is 92.9 Å². The third kappa shape index (κ3) is 5.06. The maximum atomic E-state index is 13.3. The van der Waals surface area contributed by atoms with Crippen LogP contribution in [0.1, 0.15) is 50.5 Å². The molecule has 1 spiro atoms. The summed E-state index contributed by atoms with van der Waals surface area (Å²) in [6.07, 6.45) is 9.11. The van der Waals surface area contributed by atoms with Crippen molar-refractivity contribution in [3.63, 3.8) is 0 Å². The van der Waals surface area contributed by atoms with Gasteiger partial charge in [0.25, 0.3) is 0 Å². The maximum Gasteiger partial charge on any atom is 0.319 e. The molecule has 33 heavy (non-hydrogen) atoms. The van der Waals surface area contributed by atoms with Crippen LogP contribution in [0, 0.1) is 23.0 Å². The Balaban J connectivity index is 1.19. The summed E-state index contributed by atoms with van der Waals surface area (Å²) in [5.41, 5.74) is 1.99. The van der Waals surface area contributed by atoms with Gasteiger partial charge < -0.3 is 10.6 Å². The van der Waals surface area contributed by atoms with Crippen molar-refractivity contribution in [2.45, 2.75) is 63.5 Å². The molecule has 176 valence electrons. The highest BCUT2D eigenvalue weighted by molar-refractivity contribution is 5.89. The Kier molecular flexibility index (Phi) is 6.37. The van der Waals surface area contributed by atoms with Gasteiger partial charge in [-0.2, -0.15) is 0 Å². The van der Waals surface area contributed by atoms with Crippen molar-refractivity contribution in [2.75, 3.05) is 18.4 Å². The summed E-state index contributed by atoms with van der Waals surface area (Å²) in [5, 5.41) is 6.11. The molecule has 0 radical (unpaired) electrons. The van der Waals surface area contributed by atoms with Crippen LogP contribution in [0.4, 0.5) is 19.3 Å². The number of carbonyl (C=O) groups excluding carboxylic acids is 1. The van der Waals surface area contributed by atoms with Crippen LogP contribution in [0.2, 0.25) is 0 Å². The number of halogens is 2. The molecule has 1 unspecified atom stereocenters. The predicted octanol–water partition coefficient (Wildman–Crippen LogP) is 5.74. The third-order valence-electron chi connectivity index (χ3n) is 7.99. The summed E-state index contributed by atoms with van der Waals surface area (Å²) in [5.74, 6) is 0.106. The average Bonchev–Trinajstić information content (AvgIpc) is 3.53. The number of hydrogen-bond donors (Lipinski definition) is 2. The van der Waals surface area contributed by atoms with E-state index in [4.69, 9.17) is 0 Å². The quantitative estimate of drug-likeness (QED) is 0.606. The lowest BCUT2D eigenvalue weighted by Crippen LogP contribution is -2.49. The zero-order chi connectivity index (χ0) is 22.8. The minimum Gasteiger partial charge on any atom is -0.335 e. The lowest BCUT2D eigenvalue weighted by Gasteiger charge is -2.39. The fourth-order valence-corrected chi connectivity index (χ4v) is 6.28. The van der Waals surface area contributed by atoms with Gasteiger partial charge in [0, 0.05) is 29.7 Å². The molecule has 4 atom stereocenters. The first-order valence-electron chi connectivity index (χ1n) is 12.3. The Morgan fingerprint density at radius 2 is 1.70 bits per heavy atom. The molecule has 4 nitrogen and oxygen atoms in total. The normalized spacial score (nSPS) is 29.6. The first kappa shape index (κ1) is 22.3. The molecule has 0 aromatic heterocycles. The van der Waals surface area contributed by atoms with Gasteiger partial charge in [-0.3, -0.25) is 4.90 Å². The van der Waals surface area contributed by atoms with Crippen molar-refractivity contribution in [1.82, 2.24) is 10.2 Å². The fourth-order valence-electron chi connectivity index (χ4n) is 6.28. The van der Waals surface area contributed by atoms with Gasteiger partial charge in [0.1, 0.15) is 11.6 Å². The van der Waals surface area contributed by atoms with Crippen LogP contribution < -0.4 is 10.6 Å². The van der Waals surface area contributed by atoms with Gasteiger partial charge in [0.05, 0.1) is 0 Å². The molecule has 2 N–H and O–H groups in total. The molecule has 3 aliphatic rings. The predicted molar refractivity (Wildman–Crippen MR) is 126 cm³/mol. The molecular weight excluding hydrogens is 420 g/mol. The van der Waals surface area contributed by atoms with Crippen LogP contribution in [0.25, 0.3) is 0 Å². The van der Waals surface area contributed by atoms with E-state index in [0.717, 1.165) is 45.2 Å². The second-order valence-electron chi connectivity index (χ2n) is 10.2. The summed E-state index contributed by atoms with van der Waals surface area (Å²) >= 11 is 0. The SMILES string of the molecule is O=C(Nc1ccc(F)cc1)N[C@@H]1CCCCC12C[C@@H]2N1CCC[C@@H](Cc2ccc(F)cc2)C1. The fraction of sp³-hybridized carbons (Fsp3) is 0.519. The van der Waals surface area contributed by atoms with E-state index in [2.05, 4.69) is 15.5 Å². The summed E-state index contributed by atoms with van der Waals surface area (Å²) in [7, 11) is 0. The topological polar surface area (TPSA) is 44.4 Å². The minimum atomic E-state index is -0.313. The highest BCUT2D eigenvalue weighted by atomic mass is 19.1. The second kappa shape index (κ2) is 9.41. The molecule has 5 rings (SSSR count). The van der Waals surface area contributed by atoms with E-state index in [1.165, 1.54) is 37.0 Å².